The van der Waals surface area contributed by atoms with Crippen LogP contribution < -0.4 is 4.90 Å². The normalized spacial score (nSPS) is 18.9. The van der Waals surface area contributed by atoms with Crippen molar-refractivity contribution >= 4 is 41.0 Å². The summed E-state index contributed by atoms with van der Waals surface area (Å²) in [5.74, 6) is -3.92. The first-order valence-electron chi connectivity index (χ1n) is 8.24. The van der Waals surface area contributed by atoms with Gasteiger partial charge in [-0.3, -0.25) is 14.4 Å². The number of benzene rings is 2. The number of nitrogens with zero attached hydrogens (tertiary/aromatic N) is 2. The summed E-state index contributed by atoms with van der Waals surface area (Å²) < 4.78 is 0. The van der Waals surface area contributed by atoms with Crippen molar-refractivity contribution in [3.63, 3.8) is 0 Å². The number of imide groups is 1. The quantitative estimate of drug-likeness (QED) is 0.599. The van der Waals surface area contributed by atoms with Gasteiger partial charge in [0.25, 0.3) is 11.8 Å². The SMILES string of the molecule is O=C(ON1C(=O)c2ccccc2C1=O)C1CCN(c2cccc(Cl)c2)C1=O. The molecule has 2 aliphatic heterocycles. The number of amides is 3. The topological polar surface area (TPSA) is 84.0 Å². The molecule has 0 aromatic heterocycles. The molecule has 1 unspecified atom stereocenters. The Morgan fingerprint density at radius 1 is 1.00 bits per heavy atom. The molecule has 0 saturated carbocycles. The molecule has 0 bridgehead atoms. The van der Waals surface area contributed by atoms with Crippen molar-refractivity contribution in [1.82, 2.24) is 5.06 Å². The van der Waals surface area contributed by atoms with Crippen LogP contribution >= 0.6 is 11.6 Å². The molecule has 136 valence electrons. The average Bonchev–Trinajstić information content (AvgIpc) is 3.16. The first-order chi connectivity index (χ1) is 13.0. The zero-order valence-corrected chi connectivity index (χ0v) is 14.7. The van der Waals surface area contributed by atoms with Crippen LogP contribution in [0.15, 0.2) is 48.5 Å². The number of carbonyl (C=O) groups is 4. The van der Waals surface area contributed by atoms with Crippen LogP contribution in [-0.4, -0.2) is 35.3 Å². The monoisotopic (exact) mass is 384 g/mol. The van der Waals surface area contributed by atoms with Crippen LogP contribution in [0, 0.1) is 5.92 Å². The molecule has 0 N–H and O–H groups in total. The third-order valence-corrected chi connectivity index (χ3v) is 4.78. The third kappa shape index (κ3) is 2.86. The fourth-order valence-corrected chi connectivity index (χ4v) is 3.39. The van der Waals surface area contributed by atoms with Crippen molar-refractivity contribution in [2.75, 3.05) is 11.4 Å². The molecule has 7 nitrogen and oxygen atoms in total. The summed E-state index contributed by atoms with van der Waals surface area (Å²) >= 11 is 5.95. The number of hydrogen-bond acceptors (Lipinski definition) is 5. The van der Waals surface area contributed by atoms with E-state index >= 15 is 0 Å². The minimum absolute atomic E-state index is 0.161. The van der Waals surface area contributed by atoms with Gasteiger partial charge >= 0.3 is 5.97 Å². The van der Waals surface area contributed by atoms with Crippen LogP contribution in [0.1, 0.15) is 27.1 Å². The molecule has 2 aliphatic rings. The predicted octanol–water partition coefficient (Wildman–Crippen LogP) is 2.45. The largest absolute Gasteiger partial charge is 0.345 e. The van der Waals surface area contributed by atoms with Crippen molar-refractivity contribution < 1.29 is 24.0 Å². The fourth-order valence-electron chi connectivity index (χ4n) is 3.20. The lowest BCUT2D eigenvalue weighted by Gasteiger charge is -2.18. The zero-order valence-electron chi connectivity index (χ0n) is 13.9. The number of halogens is 1. The van der Waals surface area contributed by atoms with E-state index in [0.717, 1.165) is 0 Å². The van der Waals surface area contributed by atoms with Gasteiger partial charge in [0.15, 0.2) is 0 Å². The van der Waals surface area contributed by atoms with E-state index in [0.29, 0.717) is 22.3 Å². The molecule has 1 atom stereocenters. The average molecular weight is 385 g/mol. The Labute approximate surface area is 159 Å². The Bertz CT molecular complexity index is 955. The van der Waals surface area contributed by atoms with Crippen molar-refractivity contribution in [3.05, 3.63) is 64.7 Å². The smallest absolute Gasteiger partial charge is 0.329 e. The summed E-state index contributed by atoms with van der Waals surface area (Å²) in [5.41, 5.74) is 0.894. The lowest BCUT2D eigenvalue weighted by molar-refractivity contribution is -0.174. The molecule has 2 aromatic rings. The van der Waals surface area contributed by atoms with Gasteiger partial charge in [-0.25, -0.2) is 4.79 Å². The molecule has 1 saturated heterocycles. The fraction of sp³-hybridized carbons (Fsp3) is 0.158. The minimum atomic E-state index is -1.09. The number of hydrogen-bond donors (Lipinski definition) is 0. The van der Waals surface area contributed by atoms with E-state index in [1.54, 1.807) is 36.4 Å². The molecule has 0 spiro atoms. The maximum Gasteiger partial charge on any atom is 0.345 e. The zero-order chi connectivity index (χ0) is 19.1. The Morgan fingerprint density at radius 2 is 1.67 bits per heavy atom. The van der Waals surface area contributed by atoms with Crippen molar-refractivity contribution in [2.24, 2.45) is 5.92 Å². The van der Waals surface area contributed by atoms with Crippen molar-refractivity contribution in [2.45, 2.75) is 6.42 Å². The van der Waals surface area contributed by atoms with E-state index in [4.69, 9.17) is 16.4 Å². The van der Waals surface area contributed by atoms with E-state index in [2.05, 4.69) is 0 Å². The van der Waals surface area contributed by atoms with Crippen LogP contribution in [-0.2, 0) is 14.4 Å². The number of carbonyl (C=O) groups excluding carboxylic acids is 4. The summed E-state index contributed by atoms with van der Waals surface area (Å²) in [6.45, 7) is 0.307. The second-order valence-corrected chi connectivity index (χ2v) is 6.61. The van der Waals surface area contributed by atoms with Gasteiger partial charge in [-0.1, -0.05) is 34.9 Å². The Balaban J connectivity index is 1.49. The summed E-state index contributed by atoms with van der Waals surface area (Å²) in [7, 11) is 0. The first kappa shape index (κ1) is 17.2. The number of rotatable bonds is 3. The van der Waals surface area contributed by atoms with Crippen LogP contribution in [0.5, 0.6) is 0 Å². The van der Waals surface area contributed by atoms with Gasteiger partial charge in [0.05, 0.1) is 11.1 Å². The summed E-state index contributed by atoms with van der Waals surface area (Å²) in [4.78, 5) is 56.1. The van der Waals surface area contributed by atoms with Gasteiger partial charge < -0.3 is 9.74 Å². The Morgan fingerprint density at radius 3 is 2.30 bits per heavy atom. The van der Waals surface area contributed by atoms with Gasteiger partial charge in [0, 0.05) is 17.3 Å². The van der Waals surface area contributed by atoms with E-state index in [9.17, 15) is 19.2 Å². The van der Waals surface area contributed by atoms with Crippen LogP contribution in [0.25, 0.3) is 0 Å². The molecule has 4 rings (SSSR count). The third-order valence-electron chi connectivity index (χ3n) is 4.55. The molecule has 0 aliphatic carbocycles. The summed E-state index contributed by atoms with van der Waals surface area (Å²) in [6, 6.07) is 12.9. The summed E-state index contributed by atoms with van der Waals surface area (Å²) in [5, 5.41) is 0.889. The molecule has 8 heteroatoms. The Kier molecular flexibility index (Phi) is 4.16. The number of hydroxylamine groups is 2. The van der Waals surface area contributed by atoms with E-state index in [-0.39, 0.29) is 17.5 Å². The van der Waals surface area contributed by atoms with Crippen LogP contribution in [0.2, 0.25) is 5.02 Å². The van der Waals surface area contributed by atoms with Gasteiger partial charge in [-0.05, 0) is 36.8 Å². The lowest BCUT2D eigenvalue weighted by atomic mass is 10.1. The second kappa shape index (κ2) is 6.51. The molecule has 2 aromatic carbocycles. The highest BCUT2D eigenvalue weighted by Crippen LogP contribution is 2.29. The second-order valence-electron chi connectivity index (χ2n) is 6.17. The predicted molar refractivity (Wildman–Crippen MR) is 94.9 cm³/mol. The van der Waals surface area contributed by atoms with Crippen molar-refractivity contribution in [3.8, 4) is 0 Å². The van der Waals surface area contributed by atoms with Gasteiger partial charge in [-0.15, -0.1) is 0 Å². The molecule has 3 amide bonds. The number of fused-ring (bicyclic) bond motifs is 1. The molecular formula is C19H13ClN2O5. The maximum absolute atomic E-state index is 12.6. The van der Waals surface area contributed by atoms with E-state index in [1.807, 2.05) is 0 Å². The van der Waals surface area contributed by atoms with E-state index < -0.39 is 29.6 Å². The highest BCUT2D eigenvalue weighted by atomic mass is 35.5. The molecule has 27 heavy (non-hydrogen) atoms. The molecule has 0 radical (unpaired) electrons. The standard InChI is InChI=1S/C19H13ClN2O5/c20-11-4-3-5-12(10-11)21-9-8-15(16(21)23)19(26)27-22-17(24)13-6-1-2-7-14(13)18(22)25/h1-7,10,15H,8-9H2. The first-order valence-corrected chi connectivity index (χ1v) is 8.62. The lowest BCUT2D eigenvalue weighted by Crippen LogP contribution is -2.38. The molecular weight excluding hydrogens is 372 g/mol. The minimum Gasteiger partial charge on any atom is -0.329 e. The van der Waals surface area contributed by atoms with Crippen LogP contribution in [0.4, 0.5) is 5.69 Å². The van der Waals surface area contributed by atoms with Gasteiger partial charge in [0.2, 0.25) is 5.91 Å². The van der Waals surface area contributed by atoms with E-state index in [1.165, 1.54) is 17.0 Å². The van der Waals surface area contributed by atoms with Gasteiger partial charge in [0.1, 0.15) is 5.92 Å². The molecule has 1 fully saturated rings. The summed E-state index contributed by atoms with van der Waals surface area (Å²) in [6.07, 6.45) is 0.216. The maximum atomic E-state index is 12.6. The molecule has 2 heterocycles. The Hall–Kier alpha value is -3.19. The van der Waals surface area contributed by atoms with Crippen LogP contribution in [0.3, 0.4) is 0 Å². The van der Waals surface area contributed by atoms with Gasteiger partial charge in [-0.2, -0.15) is 0 Å². The highest BCUT2D eigenvalue weighted by molar-refractivity contribution is 6.31. The highest BCUT2D eigenvalue weighted by Gasteiger charge is 2.44. The number of anilines is 1. The van der Waals surface area contributed by atoms with Crippen molar-refractivity contribution in [1.29, 1.82) is 0 Å².